The molecule has 0 rings (SSSR count). The molecule has 0 saturated carbocycles. The van der Waals surface area contributed by atoms with E-state index in [0.717, 1.165) is 0 Å². The van der Waals surface area contributed by atoms with Crippen LogP contribution in [0.15, 0.2) is 0 Å². The predicted octanol–water partition coefficient (Wildman–Crippen LogP) is -2.13. The number of amides is 9. The number of rotatable bonds is 11. The van der Waals surface area contributed by atoms with Gasteiger partial charge in [-0.15, -0.1) is 0 Å². The van der Waals surface area contributed by atoms with E-state index >= 15 is 0 Å². The van der Waals surface area contributed by atoms with Gasteiger partial charge in [0.25, 0.3) is 0 Å². The Morgan fingerprint density at radius 3 is 1.96 bits per heavy atom. The SMILES string of the molecule is NC(=O)C[C@@H](NC(=O)NC(=O)NCCCCCCC(=O)NC(N)=O)C(N)=O. The first-order chi connectivity index (χ1) is 12.6. The van der Waals surface area contributed by atoms with Gasteiger partial charge >= 0.3 is 18.1 Å². The lowest BCUT2D eigenvalue weighted by Crippen LogP contribution is -2.52. The molecule has 152 valence electrons. The van der Waals surface area contributed by atoms with Crippen LogP contribution in [0.4, 0.5) is 14.4 Å². The molecule has 0 aromatic carbocycles. The van der Waals surface area contributed by atoms with Gasteiger partial charge in [-0.3, -0.25) is 25.0 Å². The summed E-state index contributed by atoms with van der Waals surface area (Å²) in [4.78, 5) is 66.5. The molecule has 10 N–H and O–H groups in total. The smallest absolute Gasteiger partial charge is 0.323 e. The number of carbonyl (C=O) groups is 6. The maximum absolute atomic E-state index is 11.6. The molecule has 0 radical (unpaired) electrons. The standard InChI is InChI=1S/C14H25N7O6/c15-9(22)7-8(11(16)24)19-14(27)21-13(26)18-6-4-2-1-3-5-10(23)20-12(17)25/h8H,1-7H2,(H2,15,22)(H2,16,24)(H3,17,20,23,25)(H3,18,19,21,26,27)/t8-/m1/s1. The maximum atomic E-state index is 11.6. The van der Waals surface area contributed by atoms with Gasteiger partial charge in [-0.25, -0.2) is 14.4 Å². The number of imide groups is 2. The Morgan fingerprint density at radius 1 is 0.778 bits per heavy atom. The second kappa shape index (κ2) is 12.9. The van der Waals surface area contributed by atoms with Crippen LogP contribution in [-0.2, 0) is 14.4 Å². The average Bonchev–Trinajstić information content (AvgIpc) is 2.51. The van der Waals surface area contributed by atoms with Crippen LogP contribution in [0.1, 0.15) is 38.5 Å². The molecule has 13 nitrogen and oxygen atoms in total. The van der Waals surface area contributed by atoms with Crippen molar-refractivity contribution in [2.45, 2.75) is 44.6 Å². The lowest BCUT2D eigenvalue weighted by molar-refractivity contribution is -0.124. The van der Waals surface area contributed by atoms with Crippen molar-refractivity contribution < 1.29 is 28.8 Å². The number of unbranched alkanes of at least 4 members (excludes halogenated alkanes) is 3. The summed E-state index contributed by atoms with van der Waals surface area (Å²) < 4.78 is 0. The summed E-state index contributed by atoms with van der Waals surface area (Å²) in [6, 6.07) is -4.01. The monoisotopic (exact) mass is 387 g/mol. The molecule has 13 heteroatoms. The largest absolute Gasteiger partial charge is 0.370 e. The van der Waals surface area contributed by atoms with Gasteiger partial charge in [0.1, 0.15) is 6.04 Å². The molecule has 0 aromatic heterocycles. The van der Waals surface area contributed by atoms with E-state index in [1.54, 1.807) is 0 Å². The molecule has 9 amide bonds. The number of hydrogen-bond donors (Lipinski definition) is 7. The number of nitrogens with two attached hydrogens (primary N) is 3. The van der Waals surface area contributed by atoms with Crippen molar-refractivity contribution in [3.63, 3.8) is 0 Å². The van der Waals surface area contributed by atoms with E-state index in [2.05, 4.69) is 10.6 Å². The lowest BCUT2D eigenvalue weighted by atomic mass is 10.1. The van der Waals surface area contributed by atoms with Crippen molar-refractivity contribution in [2.75, 3.05) is 6.54 Å². The fourth-order valence-electron chi connectivity index (χ4n) is 1.93. The van der Waals surface area contributed by atoms with Crippen LogP contribution in [0.2, 0.25) is 0 Å². The van der Waals surface area contributed by atoms with Gasteiger partial charge in [0.15, 0.2) is 0 Å². The number of carbonyl (C=O) groups excluding carboxylic acids is 6. The summed E-state index contributed by atoms with van der Waals surface area (Å²) in [6.45, 7) is 0.271. The van der Waals surface area contributed by atoms with Gasteiger partial charge in [-0.2, -0.15) is 0 Å². The molecule has 0 fully saturated rings. The molecule has 0 aromatic rings. The average molecular weight is 387 g/mol. The Labute approximate surface area is 155 Å². The summed E-state index contributed by atoms with van der Waals surface area (Å²) in [5.74, 6) is -2.25. The van der Waals surface area contributed by atoms with Crippen molar-refractivity contribution in [2.24, 2.45) is 17.2 Å². The summed E-state index contributed by atoms with van der Waals surface area (Å²) in [5, 5.41) is 8.36. The highest BCUT2D eigenvalue weighted by molar-refractivity contribution is 5.96. The lowest BCUT2D eigenvalue weighted by Gasteiger charge is -2.14. The molecule has 0 unspecified atom stereocenters. The summed E-state index contributed by atoms with van der Waals surface area (Å²) in [6.07, 6.45) is 2.24. The minimum Gasteiger partial charge on any atom is -0.370 e. The van der Waals surface area contributed by atoms with Crippen LogP contribution in [0.5, 0.6) is 0 Å². The number of primary amides is 3. The minimum atomic E-state index is -1.32. The second-order valence-corrected chi connectivity index (χ2v) is 5.56. The third kappa shape index (κ3) is 13.6. The van der Waals surface area contributed by atoms with Gasteiger partial charge in [-0.05, 0) is 12.8 Å². The Hall–Kier alpha value is -3.38. The van der Waals surface area contributed by atoms with Crippen LogP contribution in [-0.4, -0.2) is 48.4 Å². The Bertz CT molecular complexity index is 580. The molecule has 0 aliphatic carbocycles. The Kier molecular flexibility index (Phi) is 11.3. The van der Waals surface area contributed by atoms with Crippen LogP contribution in [0.25, 0.3) is 0 Å². The molecule has 27 heavy (non-hydrogen) atoms. The third-order valence-corrected chi connectivity index (χ3v) is 3.16. The van der Waals surface area contributed by atoms with Gasteiger partial charge in [0.2, 0.25) is 17.7 Å². The van der Waals surface area contributed by atoms with Crippen LogP contribution < -0.4 is 38.5 Å². The predicted molar refractivity (Wildman–Crippen MR) is 92.7 cm³/mol. The normalized spacial score (nSPS) is 11.0. The number of urea groups is 3. The van der Waals surface area contributed by atoms with Gasteiger partial charge < -0.3 is 27.8 Å². The molecule has 0 saturated heterocycles. The van der Waals surface area contributed by atoms with Gasteiger partial charge in [0, 0.05) is 13.0 Å². The van der Waals surface area contributed by atoms with E-state index in [-0.39, 0.29) is 13.0 Å². The Morgan fingerprint density at radius 2 is 1.41 bits per heavy atom. The second-order valence-electron chi connectivity index (χ2n) is 5.56. The van der Waals surface area contributed by atoms with E-state index in [1.807, 2.05) is 10.6 Å². The first-order valence-corrected chi connectivity index (χ1v) is 8.14. The maximum Gasteiger partial charge on any atom is 0.323 e. The van der Waals surface area contributed by atoms with Crippen molar-refractivity contribution in [1.29, 1.82) is 0 Å². The first-order valence-electron chi connectivity index (χ1n) is 8.14. The first kappa shape index (κ1) is 23.6. The summed E-state index contributed by atoms with van der Waals surface area (Å²) >= 11 is 0. The zero-order chi connectivity index (χ0) is 20.8. The molecule has 0 aliphatic rings. The Balaban J connectivity index is 3.86. The van der Waals surface area contributed by atoms with Crippen LogP contribution in [0.3, 0.4) is 0 Å². The zero-order valence-corrected chi connectivity index (χ0v) is 14.7. The van der Waals surface area contributed by atoms with Crippen LogP contribution >= 0.6 is 0 Å². The molecule has 0 spiro atoms. The van der Waals surface area contributed by atoms with Crippen molar-refractivity contribution in [1.82, 2.24) is 21.3 Å². The highest BCUT2D eigenvalue weighted by atomic mass is 16.2. The number of hydrogen-bond acceptors (Lipinski definition) is 6. The van der Waals surface area contributed by atoms with E-state index in [4.69, 9.17) is 17.2 Å². The molecular weight excluding hydrogens is 362 g/mol. The molecule has 0 bridgehead atoms. The zero-order valence-electron chi connectivity index (χ0n) is 14.7. The molecule has 1 atom stereocenters. The fraction of sp³-hybridized carbons (Fsp3) is 0.571. The van der Waals surface area contributed by atoms with Gasteiger partial charge in [0.05, 0.1) is 6.42 Å². The quantitative estimate of drug-likeness (QED) is 0.196. The molecule has 0 aliphatic heterocycles. The highest BCUT2D eigenvalue weighted by Crippen LogP contribution is 2.02. The van der Waals surface area contributed by atoms with E-state index in [9.17, 15) is 28.8 Å². The van der Waals surface area contributed by atoms with Crippen molar-refractivity contribution >= 4 is 35.8 Å². The topological polar surface area (TPSA) is 229 Å². The van der Waals surface area contributed by atoms with E-state index in [0.29, 0.717) is 25.7 Å². The summed E-state index contributed by atoms with van der Waals surface area (Å²) in [7, 11) is 0. The van der Waals surface area contributed by atoms with Crippen molar-refractivity contribution in [3.05, 3.63) is 0 Å². The van der Waals surface area contributed by atoms with Gasteiger partial charge in [-0.1, -0.05) is 12.8 Å². The van der Waals surface area contributed by atoms with E-state index in [1.165, 1.54) is 0 Å². The number of nitrogens with one attached hydrogen (secondary N) is 4. The fourth-order valence-corrected chi connectivity index (χ4v) is 1.93. The highest BCUT2D eigenvalue weighted by Gasteiger charge is 2.21. The molecular formula is C14H25N7O6. The van der Waals surface area contributed by atoms with Crippen LogP contribution in [0, 0.1) is 0 Å². The summed E-state index contributed by atoms with van der Waals surface area (Å²) in [5.41, 5.74) is 14.7. The third-order valence-electron chi connectivity index (χ3n) is 3.16. The van der Waals surface area contributed by atoms with Crippen molar-refractivity contribution in [3.8, 4) is 0 Å². The van der Waals surface area contributed by atoms with E-state index < -0.39 is 48.3 Å². The minimum absolute atomic E-state index is 0.170. The molecule has 0 heterocycles.